The summed E-state index contributed by atoms with van der Waals surface area (Å²) in [7, 11) is 1.61. The van der Waals surface area contributed by atoms with Crippen LogP contribution in [0.1, 0.15) is 73.6 Å². The monoisotopic (exact) mass is 450 g/mol. The van der Waals surface area contributed by atoms with Gasteiger partial charge in [-0.25, -0.2) is 0 Å². The molecule has 0 aliphatic heterocycles. The van der Waals surface area contributed by atoms with Crippen molar-refractivity contribution >= 4 is 0 Å². The number of ether oxygens (including phenoxy) is 1. The summed E-state index contributed by atoms with van der Waals surface area (Å²) >= 11 is 0. The van der Waals surface area contributed by atoms with Crippen LogP contribution < -0.4 is 0 Å². The number of hydrogen-bond acceptors (Lipinski definition) is 1. The molecule has 0 amide bonds. The minimum atomic E-state index is 0.469. The van der Waals surface area contributed by atoms with E-state index in [-0.39, 0.29) is 0 Å². The van der Waals surface area contributed by atoms with Crippen LogP contribution in [0.3, 0.4) is 0 Å². The molecule has 0 heterocycles. The lowest BCUT2D eigenvalue weighted by Gasteiger charge is -2.14. The van der Waals surface area contributed by atoms with Gasteiger partial charge in [0.2, 0.25) is 0 Å². The Morgan fingerprint density at radius 3 is 1.70 bits per heavy atom. The van der Waals surface area contributed by atoms with Crippen LogP contribution in [0.2, 0.25) is 0 Å². The van der Waals surface area contributed by atoms with E-state index in [4.69, 9.17) is 4.74 Å². The van der Waals surface area contributed by atoms with Crippen LogP contribution in [-0.4, -0.2) is 7.11 Å². The van der Waals surface area contributed by atoms with Crippen molar-refractivity contribution in [2.24, 2.45) is 11.8 Å². The molecule has 0 aromatic carbocycles. The summed E-state index contributed by atoms with van der Waals surface area (Å²) in [5.41, 5.74) is 5.56. The van der Waals surface area contributed by atoms with Gasteiger partial charge >= 0.3 is 0 Å². The summed E-state index contributed by atoms with van der Waals surface area (Å²) in [6.45, 7) is 37.7. The SMILES string of the molecule is C=C(/C=C(/CC)C(=C)C(=C)/C=C\C(=C)C(=C)/C=C\C(=C)C(C)CCC(C)CC)OC.CCC. The van der Waals surface area contributed by atoms with Crippen molar-refractivity contribution in [3.63, 3.8) is 0 Å². The Morgan fingerprint density at radius 2 is 1.24 bits per heavy atom. The molecule has 0 saturated carbocycles. The predicted octanol–water partition coefficient (Wildman–Crippen LogP) is 10.3. The predicted molar refractivity (Wildman–Crippen MR) is 152 cm³/mol. The number of methoxy groups -OCH3 is 1. The van der Waals surface area contributed by atoms with Crippen molar-refractivity contribution in [2.45, 2.75) is 73.6 Å². The van der Waals surface area contributed by atoms with Gasteiger partial charge in [-0.05, 0) is 58.6 Å². The first-order chi connectivity index (χ1) is 15.5. The second kappa shape index (κ2) is 19.0. The van der Waals surface area contributed by atoms with Crippen molar-refractivity contribution in [3.8, 4) is 0 Å². The van der Waals surface area contributed by atoms with E-state index in [1.54, 1.807) is 7.11 Å². The lowest BCUT2D eigenvalue weighted by atomic mass is 9.91. The second-order valence-corrected chi connectivity index (χ2v) is 8.69. The first-order valence-electron chi connectivity index (χ1n) is 12.2. The highest BCUT2D eigenvalue weighted by Crippen LogP contribution is 2.24. The fourth-order valence-electron chi connectivity index (χ4n) is 2.67. The molecule has 0 fully saturated rings. The molecule has 0 radical (unpaired) electrons. The molecule has 2 atom stereocenters. The molecule has 184 valence electrons. The van der Waals surface area contributed by atoms with Gasteiger partial charge in [0.15, 0.2) is 0 Å². The summed E-state index contributed by atoms with van der Waals surface area (Å²) in [5.74, 6) is 1.84. The molecule has 0 saturated heterocycles. The Kier molecular flexibility index (Phi) is 18.8. The smallest absolute Gasteiger partial charge is 0.111 e. The average molecular weight is 451 g/mol. The highest BCUT2D eigenvalue weighted by Gasteiger charge is 2.07. The molecule has 0 aromatic heterocycles. The molecule has 0 bridgehead atoms. The molecule has 0 spiro atoms. The fourth-order valence-corrected chi connectivity index (χ4v) is 2.67. The lowest BCUT2D eigenvalue weighted by Crippen LogP contribution is -2.00. The van der Waals surface area contributed by atoms with Crippen LogP contribution in [0.15, 0.2) is 109 Å². The largest absolute Gasteiger partial charge is 0.497 e. The molecule has 0 rings (SSSR count). The van der Waals surface area contributed by atoms with Crippen molar-refractivity contribution in [3.05, 3.63) is 109 Å². The average Bonchev–Trinajstić information content (AvgIpc) is 2.81. The van der Waals surface area contributed by atoms with E-state index in [0.29, 0.717) is 11.7 Å². The van der Waals surface area contributed by atoms with E-state index in [1.807, 2.05) is 24.3 Å². The van der Waals surface area contributed by atoms with Crippen LogP contribution in [0.4, 0.5) is 0 Å². The van der Waals surface area contributed by atoms with Gasteiger partial charge in [-0.15, -0.1) is 0 Å². The molecule has 0 N–H and O–H groups in total. The van der Waals surface area contributed by atoms with Gasteiger partial charge in [-0.2, -0.15) is 0 Å². The first kappa shape index (κ1) is 32.6. The Hall–Kier alpha value is -2.54. The van der Waals surface area contributed by atoms with Gasteiger partial charge in [0.1, 0.15) is 5.76 Å². The van der Waals surface area contributed by atoms with Crippen molar-refractivity contribution in [2.75, 3.05) is 7.11 Å². The molecule has 0 aromatic rings. The summed E-state index contributed by atoms with van der Waals surface area (Å²) < 4.78 is 5.14. The van der Waals surface area contributed by atoms with Crippen molar-refractivity contribution in [1.82, 2.24) is 0 Å². The van der Waals surface area contributed by atoms with Crippen LogP contribution in [-0.2, 0) is 4.74 Å². The molecule has 0 aliphatic carbocycles. The number of rotatable bonds is 15. The van der Waals surface area contributed by atoms with Crippen LogP contribution in [0.5, 0.6) is 0 Å². The third-order valence-electron chi connectivity index (χ3n) is 5.57. The maximum Gasteiger partial charge on any atom is 0.111 e. The molecule has 1 heteroatoms. The van der Waals surface area contributed by atoms with E-state index in [9.17, 15) is 0 Å². The highest BCUT2D eigenvalue weighted by atomic mass is 16.5. The molecule has 0 aliphatic rings. The fraction of sp³-hybridized carbons (Fsp3) is 0.438. The quantitative estimate of drug-likeness (QED) is 0.178. The summed E-state index contributed by atoms with van der Waals surface area (Å²) in [6.07, 6.45) is 15.5. The van der Waals surface area contributed by atoms with E-state index in [2.05, 4.69) is 87.1 Å². The Labute approximate surface area is 206 Å². The molecular formula is C32H50O. The minimum absolute atomic E-state index is 0.469. The third-order valence-corrected chi connectivity index (χ3v) is 5.57. The normalized spacial score (nSPS) is 13.1. The van der Waals surface area contributed by atoms with Gasteiger partial charge in [-0.1, -0.05) is 130 Å². The third kappa shape index (κ3) is 15.0. The Morgan fingerprint density at radius 1 is 0.758 bits per heavy atom. The zero-order valence-corrected chi connectivity index (χ0v) is 22.7. The molecule has 1 nitrogen and oxygen atoms in total. The Balaban J connectivity index is 0. The lowest BCUT2D eigenvalue weighted by molar-refractivity contribution is 0.308. The summed E-state index contributed by atoms with van der Waals surface area (Å²) in [5, 5.41) is 0. The first-order valence-corrected chi connectivity index (χ1v) is 12.2. The van der Waals surface area contributed by atoms with Crippen molar-refractivity contribution in [1.29, 1.82) is 0 Å². The van der Waals surface area contributed by atoms with Crippen molar-refractivity contribution < 1.29 is 4.74 Å². The second-order valence-electron chi connectivity index (χ2n) is 8.69. The maximum absolute atomic E-state index is 5.14. The zero-order valence-electron chi connectivity index (χ0n) is 22.7. The van der Waals surface area contributed by atoms with Crippen LogP contribution >= 0.6 is 0 Å². The van der Waals surface area contributed by atoms with E-state index in [1.165, 1.54) is 19.3 Å². The van der Waals surface area contributed by atoms with Gasteiger partial charge in [-0.3, -0.25) is 0 Å². The van der Waals surface area contributed by atoms with Gasteiger partial charge < -0.3 is 4.74 Å². The maximum atomic E-state index is 5.14. The van der Waals surface area contributed by atoms with Crippen LogP contribution in [0.25, 0.3) is 0 Å². The zero-order chi connectivity index (χ0) is 26.0. The molecule has 33 heavy (non-hydrogen) atoms. The van der Waals surface area contributed by atoms with E-state index < -0.39 is 0 Å². The summed E-state index contributed by atoms with van der Waals surface area (Å²) in [6, 6.07) is 0. The number of hydrogen-bond donors (Lipinski definition) is 0. The highest BCUT2D eigenvalue weighted by molar-refractivity contribution is 5.53. The van der Waals surface area contributed by atoms with E-state index >= 15 is 0 Å². The van der Waals surface area contributed by atoms with Crippen LogP contribution in [0, 0.1) is 11.8 Å². The minimum Gasteiger partial charge on any atom is -0.497 e. The molecular weight excluding hydrogens is 400 g/mol. The van der Waals surface area contributed by atoms with E-state index in [0.717, 1.165) is 52.2 Å². The Bertz CT molecular complexity index is 766. The summed E-state index contributed by atoms with van der Waals surface area (Å²) in [4.78, 5) is 0. The topological polar surface area (TPSA) is 9.23 Å². The van der Waals surface area contributed by atoms with Gasteiger partial charge in [0.25, 0.3) is 0 Å². The molecule has 2 unspecified atom stereocenters. The van der Waals surface area contributed by atoms with Gasteiger partial charge in [0.05, 0.1) is 7.11 Å². The van der Waals surface area contributed by atoms with Gasteiger partial charge in [0, 0.05) is 0 Å². The standard InChI is InChI=1S/C29H42O.C3H8/c1-12-21(3)14-15-22(4)23(5)16-17-24(6)25(7)18-19-26(8)28(10)29(13-2)20-27(9)30-11;1-3-2/h16-22H,5-10,12-15H2,1-4,11H3;3H2,1-2H3/b17-16-,19-18-,29-20-;. The number of allylic oxidation sites excluding steroid dienone is 11.